The van der Waals surface area contributed by atoms with Crippen LogP contribution in [0.25, 0.3) is 16.8 Å². The van der Waals surface area contributed by atoms with Gasteiger partial charge in [-0.1, -0.05) is 6.58 Å². The minimum atomic E-state index is -0.938. The van der Waals surface area contributed by atoms with Crippen molar-refractivity contribution >= 4 is 12.0 Å². The molecule has 1 unspecified atom stereocenters. The average molecular weight is 336 g/mol. The molecule has 1 atom stereocenters. The Labute approximate surface area is 137 Å². The molecule has 0 radical (unpaired) electrons. The second-order valence-corrected chi connectivity index (χ2v) is 5.19. The molecule has 1 aromatic carbocycles. The van der Waals surface area contributed by atoms with E-state index in [0.717, 1.165) is 18.5 Å². The SMILES string of the molecule is C=C(N)c1c(-c2cc(F)c(CO)c(F)c2)cc(C(C)O)n1/N=C\N. The lowest BCUT2D eigenvalue weighted by Crippen LogP contribution is -2.09. The third-order valence-electron chi connectivity index (χ3n) is 3.53. The number of aromatic nitrogens is 1. The Morgan fingerprint density at radius 3 is 2.38 bits per heavy atom. The van der Waals surface area contributed by atoms with Gasteiger partial charge < -0.3 is 21.7 Å². The first-order chi connectivity index (χ1) is 11.3. The van der Waals surface area contributed by atoms with Crippen molar-refractivity contribution in [3.8, 4) is 11.1 Å². The van der Waals surface area contributed by atoms with Crippen molar-refractivity contribution in [1.82, 2.24) is 4.68 Å². The fourth-order valence-electron chi connectivity index (χ4n) is 2.45. The number of nitrogens with zero attached hydrogens (tertiary/aromatic N) is 2. The minimum Gasteiger partial charge on any atom is -0.397 e. The van der Waals surface area contributed by atoms with Crippen LogP contribution < -0.4 is 11.5 Å². The van der Waals surface area contributed by atoms with Crippen LogP contribution in [0.15, 0.2) is 29.9 Å². The third kappa shape index (κ3) is 3.01. The first kappa shape index (κ1) is 17.6. The summed E-state index contributed by atoms with van der Waals surface area (Å²) in [5.41, 5.74) is 11.8. The standard InChI is InChI=1S/C16H18F2N4O2/c1-8(20)16-11(5-15(9(2)24)22(16)21-7-19)10-3-13(17)12(6-23)14(18)4-10/h3-5,7,9,23-24H,1,6,20H2,2H3,(H2,19,21). The minimum absolute atomic E-state index is 0.0783. The molecule has 0 aliphatic carbocycles. The van der Waals surface area contributed by atoms with Crippen LogP contribution in [-0.4, -0.2) is 21.2 Å². The molecule has 8 heteroatoms. The number of halogens is 2. The number of aliphatic hydroxyl groups excluding tert-OH is 2. The summed E-state index contributed by atoms with van der Waals surface area (Å²) in [6.07, 6.45) is 0.0601. The zero-order chi connectivity index (χ0) is 18.0. The average Bonchev–Trinajstić information content (AvgIpc) is 2.87. The Hall–Kier alpha value is -2.71. The molecule has 0 bridgehead atoms. The van der Waals surface area contributed by atoms with Crippen molar-refractivity contribution in [3.63, 3.8) is 0 Å². The normalized spacial score (nSPS) is 12.7. The van der Waals surface area contributed by atoms with E-state index in [2.05, 4.69) is 11.7 Å². The molecule has 0 spiro atoms. The zero-order valence-corrected chi connectivity index (χ0v) is 13.0. The molecule has 0 saturated heterocycles. The monoisotopic (exact) mass is 336 g/mol. The molecule has 6 nitrogen and oxygen atoms in total. The summed E-state index contributed by atoms with van der Waals surface area (Å²) in [7, 11) is 0. The lowest BCUT2D eigenvalue weighted by atomic mass is 10.0. The van der Waals surface area contributed by atoms with Gasteiger partial charge in [-0.3, -0.25) is 0 Å². The van der Waals surface area contributed by atoms with Gasteiger partial charge in [0, 0.05) is 11.1 Å². The van der Waals surface area contributed by atoms with Crippen molar-refractivity contribution in [2.45, 2.75) is 19.6 Å². The second kappa shape index (κ2) is 6.81. The quantitative estimate of drug-likeness (QED) is 0.492. The van der Waals surface area contributed by atoms with Crippen molar-refractivity contribution < 1.29 is 19.0 Å². The fraction of sp³-hybridized carbons (Fsp3) is 0.188. The smallest absolute Gasteiger partial charge is 0.132 e. The molecule has 128 valence electrons. The molecular weight excluding hydrogens is 318 g/mol. The molecule has 2 aromatic rings. The Morgan fingerprint density at radius 2 is 1.96 bits per heavy atom. The number of aliphatic hydroxyl groups is 2. The lowest BCUT2D eigenvalue weighted by molar-refractivity contribution is 0.190. The maximum atomic E-state index is 14.0. The molecule has 0 aliphatic heterocycles. The van der Waals surface area contributed by atoms with Crippen molar-refractivity contribution in [2.24, 2.45) is 16.6 Å². The lowest BCUT2D eigenvalue weighted by Gasteiger charge is -2.11. The van der Waals surface area contributed by atoms with Crippen molar-refractivity contribution in [3.05, 3.63) is 53.4 Å². The van der Waals surface area contributed by atoms with Crippen LogP contribution >= 0.6 is 0 Å². The van der Waals surface area contributed by atoms with E-state index in [9.17, 15) is 13.9 Å². The highest BCUT2D eigenvalue weighted by Gasteiger charge is 2.22. The van der Waals surface area contributed by atoms with Gasteiger partial charge in [0.05, 0.1) is 29.8 Å². The third-order valence-corrected chi connectivity index (χ3v) is 3.53. The Morgan fingerprint density at radius 1 is 1.38 bits per heavy atom. The number of nitrogens with two attached hydrogens (primary N) is 2. The molecule has 24 heavy (non-hydrogen) atoms. The highest BCUT2D eigenvalue weighted by atomic mass is 19.1. The predicted octanol–water partition coefficient (Wildman–Crippen LogP) is 1.66. The van der Waals surface area contributed by atoms with Crippen LogP contribution in [0.5, 0.6) is 0 Å². The topological polar surface area (TPSA) is 110 Å². The van der Waals surface area contributed by atoms with Crippen LogP contribution in [0.3, 0.4) is 0 Å². The van der Waals surface area contributed by atoms with Gasteiger partial charge >= 0.3 is 0 Å². The molecule has 1 heterocycles. The summed E-state index contributed by atoms with van der Waals surface area (Å²) >= 11 is 0. The Bertz CT molecular complexity index is 790. The van der Waals surface area contributed by atoms with Gasteiger partial charge in [0.15, 0.2) is 0 Å². The van der Waals surface area contributed by atoms with Gasteiger partial charge in [-0.2, -0.15) is 5.10 Å². The van der Waals surface area contributed by atoms with Gasteiger partial charge in [-0.25, -0.2) is 13.5 Å². The van der Waals surface area contributed by atoms with Crippen LogP contribution in [0, 0.1) is 11.6 Å². The van der Waals surface area contributed by atoms with E-state index in [1.165, 1.54) is 17.7 Å². The number of hydrogen-bond acceptors (Lipinski definition) is 4. The van der Waals surface area contributed by atoms with Crippen molar-refractivity contribution in [1.29, 1.82) is 0 Å². The summed E-state index contributed by atoms with van der Waals surface area (Å²) in [5, 5.41) is 22.8. The van der Waals surface area contributed by atoms with Crippen LogP contribution in [-0.2, 0) is 6.61 Å². The Balaban J connectivity index is 2.79. The number of hydrogen-bond donors (Lipinski definition) is 4. The van der Waals surface area contributed by atoms with Gasteiger partial charge in [0.2, 0.25) is 0 Å². The summed E-state index contributed by atoms with van der Waals surface area (Å²) < 4.78 is 29.2. The van der Waals surface area contributed by atoms with E-state index in [-0.39, 0.29) is 17.0 Å². The van der Waals surface area contributed by atoms with Gasteiger partial charge in [0.1, 0.15) is 18.0 Å². The molecule has 0 fully saturated rings. The van der Waals surface area contributed by atoms with E-state index in [4.69, 9.17) is 16.6 Å². The zero-order valence-electron chi connectivity index (χ0n) is 13.0. The molecule has 0 saturated carbocycles. The number of benzene rings is 1. The van der Waals surface area contributed by atoms with Crippen LogP contribution in [0.1, 0.15) is 30.0 Å². The second-order valence-electron chi connectivity index (χ2n) is 5.19. The number of rotatable bonds is 5. The maximum Gasteiger partial charge on any atom is 0.132 e. The van der Waals surface area contributed by atoms with Crippen LogP contribution in [0.2, 0.25) is 0 Å². The summed E-state index contributed by atoms with van der Waals surface area (Å²) in [6.45, 7) is 4.38. The van der Waals surface area contributed by atoms with Crippen molar-refractivity contribution in [2.75, 3.05) is 0 Å². The summed E-state index contributed by atoms with van der Waals surface area (Å²) in [5.74, 6) is -1.79. The van der Waals surface area contributed by atoms with E-state index in [0.29, 0.717) is 11.3 Å². The summed E-state index contributed by atoms with van der Waals surface area (Å²) in [4.78, 5) is 0. The molecule has 6 N–H and O–H groups in total. The van der Waals surface area contributed by atoms with E-state index >= 15 is 0 Å². The maximum absolute atomic E-state index is 14.0. The van der Waals surface area contributed by atoms with E-state index < -0.39 is 29.9 Å². The van der Waals surface area contributed by atoms with E-state index in [1.54, 1.807) is 0 Å². The molecule has 0 amide bonds. The first-order valence-corrected chi connectivity index (χ1v) is 7.03. The highest BCUT2D eigenvalue weighted by Crippen LogP contribution is 2.34. The molecular formula is C16H18F2N4O2. The summed E-state index contributed by atoms with van der Waals surface area (Å²) in [6, 6.07) is 3.63. The predicted molar refractivity (Wildman–Crippen MR) is 87.6 cm³/mol. The largest absolute Gasteiger partial charge is 0.397 e. The Kier molecular flexibility index (Phi) is 5.01. The molecule has 0 aliphatic rings. The highest BCUT2D eigenvalue weighted by molar-refractivity contribution is 5.79. The van der Waals surface area contributed by atoms with E-state index in [1.807, 2.05) is 0 Å². The molecule has 2 rings (SSSR count). The van der Waals surface area contributed by atoms with Gasteiger partial charge in [-0.05, 0) is 30.7 Å². The van der Waals surface area contributed by atoms with Gasteiger partial charge in [-0.15, -0.1) is 0 Å². The van der Waals surface area contributed by atoms with Crippen LogP contribution in [0.4, 0.5) is 8.78 Å². The molecule has 1 aromatic heterocycles. The fourth-order valence-corrected chi connectivity index (χ4v) is 2.45. The van der Waals surface area contributed by atoms with Gasteiger partial charge in [0.25, 0.3) is 0 Å². The first-order valence-electron chi connectivity index (χ1n) is 7.03.